The van der Waals surface area contributed by atoms with Crippen LogP contribution in [0.4, 0.5) is 11.6 Å². The van der Waals surface area contributed by atoms with Crippen LogP contribution in [0, 0.1) is 0 Å². The molecule has 0 amide bonds. The Hall–Kier alpha value is -3.16. The van der Waals surface area contributed by atoms with Crippen LogP contribution in [0.5, 0.6) is 0 Å². The molecule has 8 nitrogen and oxygen atoms in total. The van der Waals surface area contributed by atoms with Crippen LogP contribution >= 0.6 is 0 Å². The molecule has 134 valence electrons. The standard InChI is InChI=1S/C18H20N6O2/c25-17-8-7-16(21-22-17)23-9-3-1-5-13(23)12-19-14-11-18(26)24-10-4-2-6-15(24)20-14/h2,4,6-8,10-11,13,19H,1,3,5,9,12H2,(H,22,25). The van der Waals surface area contributed by atoms with Gasteiger partial charge >= 0.3 is 0 Å². The van der Waals surface area contributed by atoms with Gasteiger partial charge in [0.25, 0.3) is 11.1 Å². The van der Waals surface area contributed by atoms with Gasteiger partial charge in [0.05, 0.1) is 0 Å². The number of fused-ring (bicyclic) bond motifs is 1. The second kappa shape index (κ2) is 6.99. The van der Waals surface area contributed by atoms with Gasteiger partial charge in [0.1, 0.15) is 17.3 Å². The minimum Gasteiger partial charge on any atom is -0.368 e. The van der Waals surface area contributed by atoms with Gasteiger partial charge in [-0.05, 0) is 37.5 Å². The molecule has 1 fully saturated rings. The zero-order valence-corrected chi connectivity index (χ0v) is 14.3. The van der Waals surface area contributed by atoms with Gasteiger partial charge in [-0.15, -0.1) is 0 Å². The molecule has 0 saturated carbocycles. The highest BCUT2D eigenvalue weighted by molar-refractivity contribution is 5.47. The number of aromatic amines is 1. The van der Waals surface area contributed by atoms with Crippen molar-refractivity contribution in [1.82, 2.24) is 19.6 Å². The number of pyridine rings is 1. The summed E-state index contributed by atoms with van der Waals surface area (Å²) in [6.07, 6.45) is 4.95. The Labute approximate surface area is 149 Å². The first-order valence-corrected chi connectivity index (χ1v) is 8.75. The van der Waals surface area contributed by atoms with E-state index in [-0.39, 0.29) is 17.2 Å². The molecule has 4 rings (SSSR count). The minimum atomic E-state index is -0.207. The van der Waals surface area contributed by atoms with E-state index in [1.165, 1.54) is 16.5 Å². The van der Waals surface area contributed by atoms with Crippen LogP contribution in [0.3, 0.4) is 0 Å². The number of anilines is 2. The van der Waals surface area contributed by atoms with E-state index in [2.05, 4.69) is 25.4 Å². The maximum absolute atomic E-state index is 12.2. The van der Waals surface area contributed by atoms with Gasteiger partial charge in [-0.1, -0.05) is 6.07 Å². The summed E-state index contributed by atoms with van der Waals surface area (Å²) in [7, 11) is 0. The van der Waals surface area contributed by atoms with Crippen molar-refractivity contribution in [3.63, 3.8) is 0 Å². The largest absolute Gasteiger partial charge is 0.368 e. The monoisotopic (exact) mass is 352 g/mol. The van der Waals surface area contributed by atoms with E-state index >= 15 is 0 Å². The first kappa shape index (κ1) is 16.3. The number of rotatable bonds is 4. The lowest BCUT2D eigenvalue weighted by Gasteiger charge is -2.36. The highest BCUT2D eigenvalue weighted by Gasteiger charge is 2.23. The molecule has 0 spiro atoms. The molecule has 8 heteroatoms. The van der Waals surface area contributed by atoms with Crippen molar-refractivity contribution in [1.29, 1.82) is 0 Å². The van der Waals surface area contributed by atoms with Crippen LogP contribution in [-0.2, 0) is 0 Å². The molecule has 3 aromatic rings. The molecule has 2 N–H and O–H groups in total. The van der Waals surface area contributed by atoms with E-state index in [0.717, 1.165) is 31.6 Å². The van der Waals surface area contributed by atoms with Crippen molar-refractivity contribution in [3.8, 4) is 0 Å². The third-order valence-corrected chi connectivity index (χ3v) is 4.68. The Kier molecular flexibility index (Phi) is 4.39. The highest BCUT2D eigenvalue weighted by Crippen LogP contribution is 2.22. The van der Waals surface area contributed by atoms with Gasteiger partial charge in [-0.3, -0.25) is 14.0 Å². The van der Waals surface area contributed by atoms with Crippen molar-refractivity contribution in [2.24, 2.45) is 0 Å². The van der Waals surface area contributed by atoms with Gasteiger partial charge in [0.15, 0.2) is 0 Å². The second-order valence-electron chi connectivity index (χ2n) is 6.41. The molecule has 0 bridgehead atoms. The summed E-state index contributed by atoms with van der Waals surface area (Å²) < 4.78 is 1.52. The lowest BCUT2D eigenvalue weighted by Crippen LogP contribution is -2.44. The van der Waals surface area contributed by atoms with Gasteiger partial charge in [-0.2, -0.15) is 5.10 Å². The van der Waals surface area contributed by atoms with Gasteiger partial charge in [0, 0.05) is 37.5 Å². The van der Waals surface area contributed by atoms with Gasteiger partial charge in [0.2, 0.25) is 0 Å². The molecule has 4 heterocycles. The fraction of sp³-hybridized carbons (Fsp3) is 0.333. The average molecular weight is 352 g/mol. The van der Waals surface area contributed by atoms with Crippen molar-refractivity contribution < 1.29 is 0 Å². The summed E-state index contributed by atoms with van der Waals surface area (Å²) >= 11 is 0. The average Bonchev–Trinajstić information content (AvgIpc) is 2.67. The lowest BCUT2D eigenvalue weighted by atomic mass is 10.0. The van der Waals surface area contributed by atoms with Crippen LogP contribution < -0.4 is 21.3 Å². The normalized spacial score (nSPS) is 17.4. The molecule has 3 aromatic heterocycles. The summed E-state index contributed by atoms with van der Waals surface area (Å²) in [4.78, 5) is 30.1. The number of nitrogens with one attached hydrogen (secondary N) is 2. The topological polar surface area (TPSA) is 95.4 Å². The highest BCUT2D eigenvalue weighted by atomic mass is 16.1. The Morgan fingerprint density at radius 1 is 1.19 bits per heavy atom. The maximum Gasteiger partial charge on any atom is 0.264 e. The van der Waals surface area contributed by atoms with Gasteiger partial charge < -0.3 is 10.2 Å². The summed E-state index contributed by atoms with van der Waals surface area (Å²) in [5.74, 6) is 1.34. The predicted octanol–water partition coefficient (Wildman–Crippen LogP) is 1.25. The summed E-state index contributed by atoms with van der Waals surface area (Å²) in [5.41, 5.74) is 0.299. The van der Waals surface area contributed by atoms with E-state index in [1.54, 1.807) is 18.3 Å². The number of aromatic nitrogens is 4. The van der Waals surface area contributed by atoms with Crippen LogP contribution in [0.1, 0.15) is 19.3 Å². The molecule has 1 aliphatic heterocycles. The second-order valence-corrected chi connectivity index (χ2v) is 6.41. The number of hydrogen-bond acceptors (Lipinski definition) is 6. The maximum atomic E-state index is 12.2. The van der Waals surface area contributed by atoms with Crippen molar-refractivity contribution in [3.05, 3.63) is 63.3 Å². The molecule has 1 saturated heterocycles. The molecular weight excluding hydrogens is 332 g/mol. The lowest BCUT2D eigenvalue weighted by molar-refractivity contribution is 0.467. The number of piperidine rings is 1. The zero-order valence-electron chi connectivity index (χ0n) is 14.3. The molecule has 1 unspecified atom stereocenters. The van der Waals surface area contributed by atoms with Crippen molar-refractivity contribution in [2.45, 2.75) is 25.3 Å². The van der Waals surface area contributed by atoms with E-state index in [1.807, 2.05) is 12.1 Å². The Bertz CT molecular complexity index is 1010. The SMILES string of the molecule is O=c1ccc(N2CCCCC2CNc2cc(=O)n3ccccc3n2)n[nH]1. The van der Waals surface area contributed by atoms with Crippen molar-refractivity contribution in [2.75, 3.05) is 23.3 Å². The Balaban J connectivity index is 1.53. The third kappa shape index (κ3) is 3.30. The zero-order chi connectivity index (χ0) is 17.9. The first-order valence-electron chi connectivity index (χ1n) is 8.75. The summed E-state index contributed by atoms with van der Waals surface area (Å²) in [5, 5.41) is 9.94. The van der Waals surface area contributed by atoms with Crippen LogP contribution in [0.15, 0.2) is 52.2 Å². The quantitative estimate of drug-likeness (QED) is 0.734. The van der Waals surface area contributed by atoms with Crippen LogP contribution in [0.25, 0.3) is 5.65 Å². The Morgan fingerprint density at radius 2 is 2.12 bits per heavy atom. The fourth-order valence-corrected chi connectivity index (χ4v) is 3.38. The van der Waals surface area contributed by atoms with E-state index < -0.39 is 0 Å². The molecular formula is C18H20N6O2. The number of nitrogens with zero attached hydrogens (tertiary/aromatic N) is 4. The molecule has 0 radical (unpaired) electrons. The first-order chi connectivity index (χ1) is 12.7. The third-order valence-electron chi connectivity index (χ3n) is 4.68. The number of hydrogen-bond donors (Lipinski definition) is 2. The van der Waals surface area contributed by atoms with E-state index in [9.17, 15) is 9.59 Å². The minimum absolute atomic E-state index is 0.110. The molecule has 0 aliphatic carbocycles. The van der Waals surface area contributed by atoms with Crippen LogP contribution in [-0.4, -0.2) is 38.7 Å². The van der Waals surface area contributed by atoms with Crippen molar-refractivity contribution >= 4 is 17.3 Å². The van der Waals surface area contributed by atoms with Crippen LogP contribution in [0.2, 0.25) is 0 Å². The Morgan fingerprint density at radius 3 is 2.96 bits per heavy atom. The predicted molar refractivity (Wildman–Crippen MR) is 99.8 cm³/mol. The summed E-state index contributed by atoms with van der Waals surface area (Å²) in [6, 6.07) is 10.4. The fourth-order valence-electron chi connectivity index (χ4n) is 3.38. The number of H-pyrrole nitrogens is 1. The smallest absolute Gasteiger partial charge is 0.264 e. The van der Waals surface area contributed by atoms with E-state index in [4.69, 9.17) is 0 Å². The van der Waals surface area contributed by atoms with Gasteiger partial charge in [-0.25, -0.2) is 10.1 Å². The molecule has 0 aromatic carbocycles. The molecule has 1 aliphatic rings. The molecule has 26 heavy (non-hydrogen) atoms. The van der Waals surface area contributed by atoms with E-state index in [0.29, 0.717) is 18.0 Å². The molecule has 1 atom stereocenters. The summed E-state index contributed by atoms with van der Waals surface area (Å²) in [6.45, 7) is 1.54.